The van der Waals surface area contributed by atoms with E-state index in [2.05, 4.69) is 15.3 Å². The van der Waals surface area contributed by atoms with Crippen LogP contribution in [0.5, 0.6) is 0 Å². The Morgan fingerprint density at radius 1 is 1.39 bits per heavy atom. The molecule has 0 aliphatic heterocycles. The van der Waals surface area contributed by atoms with E-state index in [9.17, 15) is 4.79 Å². The first kappa shape index (κ1) is 12.0. The summed E-state index contributed by atoms with van der Waals surface area (Å²) in [5.74, 6) is 0.169. The SMILES string of the molecule is Cc1cnccc1CNC(=O)c1ccnc(N)c1. The molecule has 2 heterocycles. The molecule has 0 aliphatic rings. The number of nitrogens with zero attached hydrogens (tertiary/aromatic N) is 2. The molecule has 0 aliphatic carbocycles. The second-order valence-electron chi connectivity index (χ2n) is 3.95. The number of aromatic nitrogens is 2. The number of aryl methyl sites for hydroxylation is 1. The van der Waals surface area contributed by atoms with E-state index in [0.29, 0.717) is 17.9 Å². The van der Waals surface area contributed by atoms with Gasteiger partial charge < -0.3 is 11.1 Å². The number of carbonyl (C=O) groups excluding carboxylic acids is 1. The third kappa shape index (κ3) is 2.82. The van der Waals surface area contributed by atoms with Gasteiger partial charge in [-0.05, 0) is 36.2 Å². The number of pyridine rings is 2. The van der Waals surface area contributed by atoms with Gasteiger partial charge in [-0.3, -0.25) is 9.78 Å². The van der Waals surface area contributed by atoms with E-state index in [0.717, 1.165) is 11.1 Å². The molecule has 18 heavy (non-hydrogen) atoms. The summed E-state index contributed by atoms with van der Waals surface area (Å²) in [6.45, 7) is 2.42. The normalized spacial score (nSPS) is 10.1. The smallest absolute Gasteiger partial charge is 0.251 e. The molecule has 0 unspecified atom stereocenters. The summed E-state index contributed by atoms with van der Waals surface area (Å²) in [4.78, 5) is 19.7. The summed E-state index contributed by atoms with van der Waals surface area (Å²) >= 11 is 0. The third-order valence-corrected chi connectivity index (χ3v) is 2.62. The monoisotopic (exact) mass is 242 g/mol. The Morgan fingerprint density at radius 2 is 2.22 bits per heavy atom. The van der Waals surface area contributed by atoms with Gasteiger partial charge >= 0.3 is 0 Å². The quantitative estimate of drug-likeness (QED) is 0.850. The van der Waals surface area contributed by atoms with Crippen molar-refractivity contribution in [2.24, 2.45) is 0 Å². The standard InChI is InChI=1S/C13H14N4O/c1-9-7-15-4-2-11(9)8-17-13(18)10-3-5-16-12(14)6-10/h2-7H,8H2,1H3,(H2,14,16)(H,17,18). The third-order valence-electron chi connectivity index (χ3n) is 2.62. The summed E-state index contributed by atoms with van der Waals surface area (Å²) in [6, 6.07) is 5.07. The lowest BCUT2D eigenvalue weighted by Crippen LogP contribution is -2.23. The highest BCUT2D eigenvalue weighted by Gasteiger charge is 2.06. The Labute approximate surface area is 105 Å². The second-order valence-corrected chi connectivity index (χ2v) is 3.95. The van der Waals surface area contributed by atoms with Crippen LogP contribution in [-0.2, 0) is 6.54 Å². The van der Waals surface area contributed by atoms with Crippen LogP contribution in [-0.4, -0.2) is 15.9 Å². The molecule has 0 spiro atoms. The van der Waals surface area contributed by atoms with Crippen LogP contribution in [0.3, 0.4) is 0 Å². The number of amides is 1. The molecule has 0 fully saturated rings. The number of rotatable bonds is 3. The summed E-state index contributed by atoms with van der Waals surface area (Å²) in [6.07, 6.45) is 4.99. The molecular weight excluding hydrogens is 228 g/mol. The Kier molecular flexibility index (Phi) is 3.52. The molecule has 3 N–H and O–H groups in total. The second kappa shape index (κ2) is 5.27. The molecule has 2 aromatic heterocycles. The fourth-order valence-corrected chi connectivity index (χ4v) is 1.57. The molecule has 0 saturated carbocycles. The Balaban J connectivity index is 2.03. The predicted molar refractivity (Wildman–Crippen MR) is 68.8 cm³/mol. The minimum Gasteiger partial charge on any atom is -0.384 e. The summed E-state index contributed by atoms with van der Waals surface area (Å²) in [5, 5.41) is 2.83. The van der Waals surface area contributed by atoms with Gasteiger partial charge in [0.1, 0.15) is 5.82 Å². The van der Waals surface area contributed by atoms with Crippen molar-refractivity contribution in [3.05, 3.63) is 53.5 Å². The van der Waals surface area contributed by atoms with E-state index >= 15 is 0 Å². The maximum absolute atomic E-state index is 11.9. The maximum Gasteiger partial charge on any atom is 0.251 e. The van der Waals surface area contributed by atoms with Crippen LogP contribution < -0.4 is 11.1 Å². The van der Waals surface area contributed by atoms with Crippen LogP contribution in [0, 0.1) is 6.92 Å². The van der Waals surface area contributed by atoms with E-state index < -0.39 is 0 Å². The molecular formula is C13H14N4O. The van der Waals surface area contributed by atoms with Crippen LogP contribution in [0.1, 0.15) is 21.5 Å². The van der Waals surface area contributed by atoms with Crippen molar-refractivity contribution in [2.45, 2.75) is 13.5 Å². The molecule has 92 valence electrons. The molecule has 5 heteroatoms. The van der Waals surface area contributed by atoms with Crippen molar-refractivity contribution in [3.8, 4) is 0 Å². The molecule has 2 rings (SSSR count). The van der Waals surface area contributed by atoms with Crippen LogP contribution in [0.15, 0.2) is 36.8 Å². The first-order valence-electron chi connectivity index (χ1n) is 5.56. The van der Waals surface area contributed by atoms with Crippen molar-refractivity contribution < 1.29 is 4.79 Å². The molecule has 0 radical (unpaired) electrons. The van der Waals surface area contributed by atoms with Crippen molar-refractivity contribution in [2.75, 3.05) is 5.73 Å². The average molecular weight is 242 g/mol. The number of anilines is 1. The minimum absolute atomic E-state index is 0.166. The Bertz CT molecular complexity index is 568. The van der Waals surface area contributed by atoms with E-state index in [4.69, 9.17) is 5.73 Å². The highest BCUT2D eigenvalue weighted by atomic mass is 16.1. The molecule has 0 atom stereocenters. The van der Waals surface area contributed by atoms with Gasteiger partial charge in [0.05, 0.1) is 0 Å². The van der Waals surface area contributed by atoms with Crippen LogP contribution in [0.25, 0.3) is 0 Å². The zero-order valence-electron chi connectivity index (χ0n) is 10.1. The first-order chi connectivity index (χ1) is 8.66. The fourth-order valence-electron chi connectivity index (χ4n) is 1.57. The van der Waals surface area contributed by atoms with Gasteiger partial charge in [-0.1, -0.05) is 0 Å². The van der Waals surface area contributed by atoms with Gasteiger partial charge in [0.25, 0.3) is 5.91 Å². The van der Waals surface area contributed by atoms with Gasteiger partial charge in [-0.15, -0.1) is 0 Å². The van der Waals surface area contributed by atoms with Crippen LogP contribution >= 0.6 is 0 Å². The van der Waals surface area contributed by atoms with Gasteiger partial charge in [0.2, 0.25) is 0 Å². The van der Waals surface area contributed by atoms with Crippen molar-refractivity contribution in [1.82, 2.24) is 15.3 Å². The molecule has 1 amide bonds. The molecule has 5 nitrogen and oxygen atoms in total. The number of nitrogens with two attached hydrogens (primary N) is 1. The van der Waals surface area contributed by atoms with Gasteiger partial charge in [-0.2, -0.15) is 0 Å². The highest BCUT2D eigenvalue weighted by Crippen LogP contribution is 2.06. The van der Waals surface area contributed by atoms with E-state index in [1.807, 2.05) is 13.0 Å². The average Bonchev–Trinajstić information content (AvgIpc) is 2.37. The Morgan fingerprint density at radius 3 is 2.94 bits per heavy atom. The summed E-state index contributed by atoms with van der Waals surface area (Å²) in [7, 11) is 0. The zero-order valence-corrected chi connectivity index (χ0v) is 10.1. The van der Waals surface area contributed by atoms with Crippen molar-refractivity contribution in [3.63, 3.8) is 0 Å². The zero-order chi connectivity index (χ0) is 13.0. The molecule has 2 aromatic rings. The number of hydrogen-bond donors (Lipinski definition) is 2. The van der Waals surface area contributed by atoms with Gasteiger partial charge in [0, 0.05) is 30.7 Å². The highest BCUT2D eigenvalue weighted by molar-refractivity contribution is 5.94. The topological polar surface area (TPSA) is 80.9 Å². The van der Waals surface area contributed by atoms with E-state index in [1.165, 1.54) is 6.20 Å². The number of nitrogen functional groups attached to an aromatic ring is 1. The lowest BCUT2D eigenvalue weighted by Gasteiger charge is -2.07. The van der Waals surface area contributed by atoms with Gasteiger partial charge in [-0.25, -0.2) is 4.98 Å². The van der Waals surface area contributed by atoms with Crippen LogP contribution in [0.4, 0.5) is 5.82 Å². The first-order valence-corrected chi connectivity index (χ1v) is 5.56. The molecule has 0 aromatic carbocycles. The number of hydrogen-bond acceptors (Lipinski definition) is 4. The van der Waals surface area contributed by atoms with Crippen molar-refractivity contribution in [1.29, 1.82) is 0 Å². The molecule has 0 bridgehead atoms. The van der Waals surface area contributed by atoms with E-state index in [-0.39, 0.29) is 5.91 Å². The summed E-state index contributed by atoms with van der Waals surface area (Å²) < 4.78 is 0. The van der Waals surface area contributed by atoms with Gasteiger partial charge in [0.15, 0.2) is 0 Å². The minimum atomic E-state index is -0.166. The number of nitrogens with one attached hydrogen (secondary N) is 1. The predicted octanol–water partition coefficient (Wildman–Crippen LogP) is 1.30. The maximum atomic E-state index is 11.9. The summed E-state index contributed by atoms with van der Waals surface area (Å²) in [5.41, 5.74) is 8.13. The number of carbonyl (C=O) groups is 1. The Hall–Kier alpha value is -2.43. The lowest BCUT2D eigenvalue weighted by molar-refractivity contribution is 0.0951. The van der Waals surface area contributed by atoms with Crippen LogP contribution in [0.2, 0.25) is 0 Å². The van der Waals surface area contributed by atoms with E-state index in [1.54, 1.807) is 24.5 Å². The lowest BCUT2D eigenvalue weighted by atomic mass is 10.1. The fraction of sp³-hybridized carbons (Fsp3) is 0.154. The molecule has 0 saturated heterocycles. The largest absolute Gasteiger partial charge is 0.384 e. The van der Waals surface area contributed by atoms with Crippen molar-refractivity contribution >= 4 is 11.7 Å².